The van der Waals surface area contributed by atoms with Crippen molar-refractivity contribution < 1.29 is 4.79 Å². The van der Waals surface area contributed by atoms with Crippen LogP contribution in [0.5, 0.6) is 0 Å². The Balaban J connectivity index is 1.76. The van der Waals surface area contributed by atoms with Crippen molar-refractivity contribution in [2.24, 2.45) is 0 Å². The molecule has 2 heterocycles. The highest BCUT2D eigenvalue weighted by atomic mass is 127. The van der Waals surface area contributed by atoms with Crippen LogP contribution in [0.4, 0.5) is 0 Å². The van der Waals surface area contributed by atoms with Crippen molar-refractivity contribution in [1.82, 2.24) is 14.7 Å². The number of hydrogen-bond acceptors (Lipinski definition) is 3. The molecule has 0 aliphatic heterocycles. The molecule has 4 nitrogen and oxygen atoms in total. The second-order valence-electron chi connectivity index (χ2n) is 8.96. The third kappa shape index (κ3) is 5.85. The first-order valence-corrected chi connectivity index (χ1v) is 14.7. The van der Waals surface area contributed by atoms with Crippen LogP contribution in [0.15, 0.2) is 80.8 Å². The van der Waals surface area contributed by atoms with Crippen LogP contribution in [0, 0.1) is 5.69 Å². The maximum atomic E-state index is 14.0. The van der Waals surface area contributed by atoms with E-state index in [1.165, 1.54) is 5.57 Å². The number of pyridine rings is 1. The number of nitrogens with zero attached hydrogens (tertiary/aromatic N) is 1. The number of carbonyl (C=O) groups excluding carboxylic acids is 1. The Morgan fingerprint density at radius 3 is 2.94 bits per heavy atom. The summed E-state index contributed by atoms with van der Waals surface area (Å²) in [5.74, 6) is 0.949. The van der Waals surface area contributed by atoms with Gasteiger partial charge in [-0.25, -0.2) is 4.98 Å². The molecule has 0 spiro atoms. The van der Waals surface area contributed by atoms with Gasteiger partial charge in [0.1, 0.15) is 13.5 Å². The molecule has 2 aromatic heterocycles. The first-order chi connectivity index (χ1) is 16.9. The molecule has 35 heavy (non-hydrogen) atoms. The summed E-state index contributed by atoms with van der Waals surface area (Å²) in [6.45, 7) is 4.24. The number of halogens is 1. The number of thiol groups is 1. The SMILES string of the molecule is B/C1=C(C(=O)c2c[nH]c3ncc(C4=CCC=C(C)C=C4)cc23)/C(I)=C(N[SH](#C)CCC)\C=C/CC1. The number of allylic oxidation sites excluding steroid dienone is 11. The molecule has 4 rings (SSSR count). The maximum Gasteiger partial charge on any atom is 0.195 e. The minimum Gasteiger partial charge on any atom is -0.345 e. The molecular weight excluding hydrogens is 564 g/mol. The lowest BCUT2D eigenvalue weighted by Gasteiger charge is -2.18. The van der Waals surface area contributed by atoms with E-state index in [0.29, 0.717) is 5.56 Å². The van der Waals surface area contributed by atoms with Crippen molar-refractivity contribution in [3.05, 3.63) is 91.9 Å². The molecule has 2 aliphatic carbocycles. The third-order valence-corrected chi connectivity index (χ3v) is 8.80. The van der Waals surface area contributed by atoms with Crippen LogP contribution in [0.3, 0.4) is 0 Å². The summed E-state index contributed by atoms with van der Waals surface area (Å²) in [4.78, 5) is 21.9. The van der Waals surface area contributed by atoms with E-state index in [-0.39, 0.29) is 5.78 Å². The highest BCUT2D eigenvalue weighted by molar-refractivity contribution is 14.1. The Kier molecular flexibility index (Phi) is 8.42. The van der Waals surface area contributed by atoms with Crippen molar-refractivity contribution in [3.8, 4) is 5.69 Å². The second-order valence-corrected chi connectivity index (χ2v) is 11.6. The summed E-state index contributed by atoms with van der Waals surface area (Å²) in [5.41, 5.74) is 13.9. The van der Waals surface area contributed by atoms with Crippen LogP contribution in [-0.4, -0.2) is 29.4 Å². The van der Waals surface area contributed by atoms with Gasteiger partial charge < -0.3 is 9.71 Å². The van der Waals surface area contributed by atoms with Crippen molar-refractivity contribution in [2.75, 3.05) is 5.75 Å². The van der Waals surface area contributed by atoms with Gasteiger partial charge in [-0.3, -0.25) is 4.79 Å². The highest BCUT2D eigenvalue weighted by Crippen LogP contribution is 2.34. The fraction of sp³-hybridized carbons (Fsp3) is 0.250. The van der Waals surface area contributed by atoms with Crippen molar-refractivity contribution in [1.29, 1.82) is 0 Å². The molecule has 2 N–H and O–H groups in total. The van der Waals surface area contributed by atoms with E-state index in [4.69, 9.17) is 5.69 Å². The van der Waals surface area contributed by atoms with E-state index in [9.17, 15) is 4.79 Å². The number of carbonyl (C=O) groups is 1. The number of ketones is 1. The minimum absolute atomic E-state index is 0.0199. The molecule has 1 atom stereocenters. The largest absolute Gasteiger partial charge is 0.345 e. The molecule has 0 amide bonds. The predicted octanol–water partition coefficient (Wildman–Crippen LogP) is 6.42. The van der Waals surface area contributed by atoms with Gasteiger partial charge in [-0.15, -0.1) is 16.2 Å². The predicted molar refractivity (Wildman–Crippen MR) is 163 cm³/mol. The van der Waals surface area contributed by atoms with E-state index in [1.807, 2.05) is 6.20 Å². The standard InChI is InChI=1S/C28H31BIN3OS/c1-4-14-35(3)33-24-11-6-5-10-23(29)25(26(24)30)27(34)22-17-32-28-21(22)15-20(16-31-28)19-9-7-8-18(2)12-13-19/h3,6,8-9,11-13,15-17,33,35H,4-5,7,10,14,29H2,1-2H3,(H,31,32)/b11-6-,25-23-,26-24-. The fourth-order valence-electron chi connectivity index (χ4n) is 4.28. The quantitative estimate of drug-likeness (QED) is 0.162. The lowest BCUT2D eigenvalue weighted by molar-refractivity contribution is 0.103. The van der Waals surface area contributed by atoms with Gasteiger partial charge in [-0.2, -0.15) is 0 Å². The van der Waals surface area contributed by atoms with Crippen LogP contribution >= 0.6 is 33.1 Å². The molecular formula is C28H31BIN3OS. The van der Waals surface area contributed by atoms with Crippen molar-refractivity contribution in [2.45, 2.75) is 39.5 Å². The van der Waals surface area contributed by atoms with Crippen LogP contribution in [-0.2, 0) is 0 Å². The molecule has 0 saturated heterocycles. The maximum absolute atomic E-state index is 14.0. The topological polar surface area (TPSA) is 57.8 Å². The van der Waals surface area contributed by atoms with E-state index in [0.717, 1.165) is 73.9 Å². The summed E-state index contributed by atoms with van der Waals surface area (Å²) >= 11 is 2.30. The fourth-order valence-corrected chi connectivity index (χ4v) is 6.60. The van der Waals surface area contributed by atoms with Crippen molar-refractivity contribution in [3.63, 3.8) is 0 Å². The Morgan fingerprint density at radius 2 is 2.14 bits per heavy atom. The molecule has 180 valence electrons. The Bertz CT molecular complexity index is 1430. The van der Waals surface area contributed by atoms with Crippen LogP contribution in [0.1, 0.15) is 55.5 Å². The van der Waals surface area contributed by atoms with Gasteiger partial charge in [-0.1, -0.05) is 48.3 Å². The number of aromatic amines is 1. The molecule has 0 radical (unpaired) electrons. The number of aromatic nitrogens is 2. The summed E-state index contributed by atoms with van der Waals surface area (Å²) < 4.78 is 4.41. The van der Waals surface area contributed by atoms with Gasteiger partial charge in [0.05, 0.1) is 5.70 Å². The average Bonchev–Trinajstić information content (AvgIpc) is 3.13. The summed E-state index contributed by atoms with van der Waals surface area (Å²) in [7, 11) is 1.24. The molecule has 0 aromatic carbocycles. The summed E-state index contributed by atoms with van der Waals surface area (Å²) in [6.07, 6.45) is 20.2. The molecule has 2 aromatic rings. The lowest BCUT2D eigenvalue weighted by Crippen LogP contribution is -2.14. The molecule has 7 heteroatoms. The summed E-state index contributed by atoms with van der Waals surface area (Å²) in [5, 5.41) is 0.847. The first-order valence-electron chi connectivity index (χ1n) is 12.0. The van der Waals surface area contributed by atoms with Gasteiger partial charge in [-0.05, 0) is 72.9 Å². The molecule has 0 bridgehead atoms. The molecule has 2 aliphatic rings. The normalized spacial score (nSPS) is 22.6. The zero-order valence-electron chi connectivity index (χ0n) is 20.5. The van der Waals surface area contributed by atoms with E-state index >= 15 is 0 Å². The molecule has 0 saturated carbocycles. The third-order valence-electron chi connectivity index (χ3n) is 6.22. The van der Waals surface area contributed by atoms with Crippen LogP contribution < -0.4 is 4.72 Å². The van der Waals surface area contributed by atoms with Crippen molar-refractivity contribution >= 4 is 63.3 Å². The first kappa shape index (κ1) is 25.6. The van der Waals surface area contributed by atoms with Gasteiger partial charge >= 0.3 is 0 Å². The highest BCUT2D eigenvalue weighted by Gasteiger charge is 2.24. The number of Topliss-reactive ketones (excluding diaryl/α,β-unsaturated/α-hetero) is 1. The summed E-state index contributed by atoms with van der Waals surface area (Å²) in [6, 6.07) is 2.08. The monoisotopic (exact) mass is 595 g/mol. The average molecular weight is 595 g/mol. The molecule has 1 unspecified atom stereocenters. The van der Waals surface area contributed by atoms with E-state index in [1.54, 1.807) is 6.20 Å². The number of fused-ring (bicyclic) bond motifs is 1. The van der Waals surface area contributed by atoms with Crippen LogP contribution in [0.25, 0.3) is 16.6 Å². The zero-order valence-corrected chi connectivity index (χ0v) is 23.5. The second kappa shape index (κ2) is 11.5. The van der Waals surface area contributed by atoms with Gasteiger partial charge in [0.15, 0.2) is 5.78 Å². The Hall–Kier alpha value is -2.48. The van der Waals surface area contributed by atoms with Gasteiger partial charge in [0.25, 0.3) is 0 Å². The van der Waals surface area contributed by atoms with E-state index in [2.05, 4.69) is 101 Å². The number of rotatable bonds is 5. The number of H-pyrrole nitrogens is 1. The Morgan fingerprint density at radius 1 is 1.31 bits per heavy atom. The van der Waals surface area contributed by atoms with Gasteiger partial charge in [0.2, 0.25) is 0 Å². The zero-order chi connectivity index (χ0) is 24.9. The number of hydrogen-bond donors (Lipinski definition) is 3. The minimum atomic E-state index is -0.825. The van der Waals surface area contributed by atoms with E-state index < -0.39 is 10.5 Å². The number of nitrogens with one attached hydrogen (secondary N) is 2. The molecule has 0 fully saturated rings. The Labute approximate surface area is 224 Å². The van der Waals surface area contributed by atoms with Crippen LogP contribution in [0.2, 0.25) is 0 Å². The lowest BCUT2D eigenvalue weighted by atomic mass is 9.82. The smallest absolute Gasteiger partial charge is 0.195 e. The van der Waals surface area contributed by atoms with Gasteiger partial charge in [0, 0.05) is 43.8 Å².